The number of amides is 1. The lowest BCUT2D eigenvalue weighted by Gasteiger charge is -2.17. The van der Waals surface area contributed by atoms with Crippen molar-refractivity contribution in [3.05, 3.63) is 78.3 Å². The highest BCUT2D eigenvalue weighted by molar-refractivity contribution is 7.98. The number of furan rings is 1. The Morgan fingerprint density at radius 1 is 1.10 bits per heavy atom. The minimum Gasteiger partial charge on any atom is -0.459 e. The summed E-state index contributed by atoms with van der Waals surface area (Å²) < 4.78 is 31.1. The molecule has 0 radical (unpaired) electrons. The summed E-state index contributed by atoms with van der Waals surface area (Å²) in [5.41, 5.74) is 1.88. The van der Waals surface area contributed by atoms with Crippen LogP contribution in [-0.4, -0.2) is 26.6 Å². The molecular formula is C21H20N2O4S2. The van der Waals surface area contributed by atoms with Gasteiger partial charge < -0.3 is 9.73 Å². The van der Waals surface area contributed by atoms with Crippen molar-refractivity contribution in [2.45, 2.75) is 17.1 Å². The summed E-state index contributed by atoms with van der Waals surface area (Å²) in [5, 5.41) is 2.81. The Balaban J connectivity index is 1.47. The van der Waals surface area contributed by atoms with Gasteiger partial charge in [0.25, 0.3) is 5.91 Å². The molecule has 1 amide bonds. The smallest absolute Gasteiger partial charge is 0.291 e. The number of hydrogen-bond donors (Lipinski definition) is 1. The average Bonchev–Trinajstić information content (AvgIpc) is 3.33. The number of carbonyl (C=O) groups excluding carboxylic acids is 1. The normalized spacial score (nSPS) is 15.4. The maximum absolute atomic E-state index is 12.7. The Bertz CT molecular complexity index is 1110. The van der Waals surface area contributed by atoms with Crippen LogP contribution in [0, 0.1) is 0 Å². The molecule has 2 heterocycles. The summed E-state index contributed by atoms with van der Waals surface area (Å²) in [6.45, 7) is 0.457. The molecule has 3 aromatic rings. The Labute approximate surface area is 174 Å². The van der Waals surface area contributed by atoms with E-state index in [4.69, 9.17) is 4.42 Å². The molecule has 0 aliphatic carbocycles. The second-order valence-corrected chi connectivity index (χ2v) is 9.68. The van der Waals surface area contributed by atoms with E-state index in [2.05, 4.69) is 5.32 Å². The lowest BCUT2D eigenvalue weighted by molar-refractivity contribution is 0.0996. The zero-order chi connectivity index (χ0) is 20.3. The number of rotatable bonds is 6. The van der Waals surface area contributed by atoms with Crippen LogP contribution < -0.4 is 9.62 Å². The van der Waals surface area contributed by atoms with Gasteiger partial charge in [0, 0.05) is 28.4 Å². The number of carbonyl (C=O) groups is 1. The molecule has 0 saturated carbocycles. The zero-order valence-corrected chi connectivity index (χ0v) is 17.2. The molecule has 1 saturated heterocycles. The second-order valence-electron chi connectivity index (χ2n) is 6.62. The Hall–Kier alpha value is -2.71. The van der Waals surface area contributed by atoms with Gasteiger partial charge in [-0.2, -0.15) is 0 Å². The molecule has 6 nitrogen and oxygen atoms in total. The van der Waals surface area contributed by atoms with Gasteiger partial charge in [-0.25, -0.2) is 8.42 Å². The van der Waals surface area contributed by atoms with Gasteiger partial charge in [0.15, 0.2) is 5.76 Å². The first-order valence-corrected chi connectivity index (χ1v) is 11.8. The molecule has 1 aliphatic rings. The van der Waals surface area contributed by atoms with Crippen molar-refractivity contribution in [2.75, 3.05) is 21.9 Å². The van der Waals surface area contributed by atoms with Crippen LogP contribution in [0.5, 0.6) is 0 Å². The van der Waals surface area contributed by atoms with E-state index in [0.717, 1.165) is 10.5 Å². The fourth-order valence-electron chi connectivity index (χ4n) is 3.18. The van der Waals surface area contributed by atoms with E-state index in [1.165, 1.54) is 10.6 Å². The van der Waals surface area contributed by atoms with Gasteiger partial charge in [0.2, 0.25) is 10.0 Å². The molecule has 0 atom stereocenters. The minimum absolute atomic E-state index is 0.151. The Morgan fingerprint density at radius 2 is 1.93 bits per heavy atom. The quantitative estimate of drug-likeness (QED) is 0.590. The number of hydrogen-bond acceptors (Lipinski definition) is 5. The summed E-state index contributed by atoms with van der Waals surface area (Å²) >= 11 is 1.62. The van der Waals surface area contributed by atoms with E-state index in [9.17, 15) is 13.2 Å². The highest BCUT2D eigenvalue weighted by Gasteiger charge is 2.28. The molecule has 1 fully saturated rings. The van der Waals surface area contributed by atoms with Crippen LogP contribution in [0.25, 0.3) is 0 Å². The van der Waals surface area contributed by atoms with Gasteiger partial charge in [0.05, 0.1) is 17.7 Å². The monoisotopic (exact) mass is 428 g/mol. The Morgan fingerprint density at radius 3 is 2.69 bits per heavy atom. The fraction of sp³-hybridized carbons (Fsp3) is 0.190. The summed E-state index contributed by atoms with van der Waals surface area (Å²) in [7, 11) is -3.27. The van der Waals surface area contributed by atoms with Crippen molar-refractivity contribution in [3.8, 4) is 0 Å². The molecule has 4 rings (SSSR count). The molecule has 0 unspecified atom stereocenters. The van der Waals surface area contributed by atoms with E-state index in [-0.39, 0.29) is 17.4 Å². The number of anilines is 2. The lowest BCUT2D eigenvalue weighted by atomic mass is 10.2. The SMILES string of the molecule is O=C(Nc1cccc(N2CCCS2(=O)=O)c1)c1occc1CSc1ccccc1. The van der Waals surface area contributed by atoms with Crippen LogP contribution in [-0.2, 0) is 15.8 Å². The van der Waals surface area contributed by atoms with Gasteiger partial charge in [-0.15, -0.1) is 11.8 Å². The number of benzene rings is 2. The Kier molecular flexibility index (Phi) is 5.64. The first-order chi connectivity index (χ1) is 14.0. The topological polar surface area (TPSA) is 79.6 Å². The van der Waals surface area contributed by atoms with E-state index >= 15 is 0 Å². The standard InChI is InChI=1S/C21H20N2O4S2/c24-21(20-16(10-12-27-20)15-28-19-8-2-1-3-9-19)22-17-6-4-7-18(14-17)23-11-5-13-29(23,25)26/h1-4,6-10,12,14H,5,11,13,15H2,(H,22,24). The third-order valence-corrected chi connectivity index (χ3v) is 7.51. The van der Waals surface area contributed by atoms with Crippen molar-refractivity contribution in [1.29, 1.82) is 0 Å². The predicted octanol–water partition coefficient (Wildman–Crippen LogP) is 4.36. The molecule has 150 valence electrons. The van der Waals surface area contributed by atoms with Crippen molar-refractivity contribution in [2.24, 2.45) is 0 Å². The van der Waals surface area contributed by atoms with Gasteiger partial charge in [-0.3, -0.25) is 9.10 Å². The number of nitrogens with zero attached hydrogens (tertiary/aromatic N) is 1. The van der Waals surface area contributed by atoms with E-state index in [0.29, 0.717) is 30.1 Å². The van der Waals surface area contributed by atoms with Crippen molar-refractivity contribution in [1.82, 2.24) is 0 Å². The second kappa shape index (κ2) is 8.34. The molecule has 1 aromatic heterocycles. The predicted molar refractivity (Wildman–Crippen MR) is 115 cm³/mol. The summed E-state index contributed by atoms with van der Waals surface area (Å²) in [6, 6.07) is 18.6. The van der Waals surface area contributed by atoms with Crippen LogP contribution >= 0.6 is 11.8 Å². The fourth-order valence-corrected chi connectivity index (χ4v) is 5.64. The van der Waals surface area contributed by atoms with Gasteiger partial charge in [-0.05, 0) is 42.8 Å². The highest BCUT2D eigenvalue weighted by Crippen LogP contribution is 2.28. The van der Waals surface area contributed by atoms with Crippen LogP contribution in [0.3, 0.4) is 0 Å². The molecule has 8 heteroatoms. The first-order valence-electron chi connectivity index (χ1n) is 9.19. The molecule has 0 bridgehead atoms. The zero-order valence-electron chi connectivity index (χ0n) is 15.6. The van der Waals surface area contributed by atoms with Crippen LogP contribution in [0.2, 0.25) is 0 Å². The summed E-state index contributed by atoms with van der Waals surface area (Å²) in [6.07, 6.45) is 2.11. The van der Waals surface area contributed by atoms with Crippen LogP contribution in [0.15, 0.2) is 76.2 Å². The van der Waals surface area contributed by atoms with Gasteiger partial charge in [0.1, 0.15) is 0 Å². The average molecular weight is 429 g/mol. The number of nitrogens with one attached hydrogen (secondary N) is 1. The van der Waals surface area contributed by atoms with E-state index in [1.807, 2.05) is 30.3 Å². The summed E-state index contributed by atoms with van der Waals surface area (Å²) in [4.78, 5) is 13.8. The highest BCUT2D eigenvalue weighted by atomic mass is 32.2. The van der Waals surface area contributed by atoms with Crippen LogP contribution in [0.1, 0.15) is 22.5 Å². The number of sulfonamides is 1. The molecular weight excluding hydrogens is 408 g/mol. The van der Waals surface area contributed by atoms with E-state index < -0.39 is 10.0 Å². The van der Waals surface area contributed by atoms with Gasteiger partial charge in [-0.1, -0.05) is 24.3 Å². The lowest BCUT2D eigenvalue weighted by Crippen LogP contribution is -2.25. The molecule has 0 spiro atoms. The molecule has 29 heavy (non-hydrogen) atoms. The maximum Gasteiger partial charge on any atom is 0.291 e. The molecule has 1 N–H and O–H groups in total. The largest absolute Gasteiger partial charge is 0.459 e. The molecule has 2 aromatic carbocycles. The summed E-state index contributed by atoms with van der Waals surface area (Å²) in [5.74, 6) is 0.654. The van der Waals surface area contributed by atoms with Crippen molar-refractivity contribution in [3.63, 3.8) is 0 Å². The van der Waals surface area contributed by atoms with Crippen LogP contribution in [0.4, 0.5) is 11.4 Å². The van der Waals surface area contributed by atoms with E-state index in [1.54, 1.807) is 42.1 Å². The molecule has 1 aliphatic heterocycles. The van der Waals surface area contributed by atoms with Crippen molar-refractivity contribution < 1.29 is 17.6 Å². The number of thioether (sulfide) groups is 1. The first kappa shape index (κ1) is 19.6. The minimum atomic E-state index is -3.27. The maximum atomic E-state index is 12.7. The third-order valence-electron chi connectivity index (χ3n) is 4.58. The third kappa shape index (κ3) is 4.49. The van der Waals surface area contributed by atoms with Gasteiger partial charge >= 0.3 is 0 Å². The van der Waals surface area contributed by atoms with Crippen molar-refractivity contribution >= 4 is 39.1 Å².